The number of nitrogens with one attached hydrogen (secondary N) is 1. The zero-order chi connectivity index (χ0) is 11.5. The van der Waals surface area contributed by atoms with E-state index in [9.17, 15) is 0 Å². The van der Waals surface area contributed by atoms with Gasteiger partial charge in [0.1, 0.15) is 4.64 Å². The van der Waals surface area contributed by atoms with E-state index in [0.29, 0.717) is 0 Å². The molecule has 1 fully saturated rings. The molecular weight excluding hydrogens is 218 g/mol. The molecule has 16 heavy (non-hydrogen) atoms. The highest BCUT2D eigenvalue weighted by molar-refractivity contribution is 7.71. The van der Waals surface area contributed by atoms with Crippen LogP contribution in [0.25, 0.3) is 0 Å². The first kappa shape index (κ1) is 11.6. The first-order valence-corrected chi connectivity index (χ1v) is 6.48. The van der Waals surface area contributed by atoms with Gasteiger partial charge in [-0.3, -0.25) is 0 Å². The van der Waals surface area contributed by atoms with Crippen LogP contribution in [0, 0.1) is 11.6 Å². The van der Waals surface area contributed by atoms with Crippen LogP contribution in [-0.4, -0.2) is 23.1 Å². The lowest BCUT2D eigenvalue weighted by Gasteiger charge is -2.27. The van der Waals surface area contributed by atoms with Crippen molar-refractivity contribution >= 4 is 18.2 Å². The molecule has 0 atom stereocenters. The highest BCUT2D eigenvalue weighted by atomic mass is 32.1. The van der Waals surface area contributed by atoms with Gasteiger partial charge in [-0.15, -0.1) is 0 Å². The normalized spacial score (nSPS) is 16.5. The third-order valence-corrected chi connectivity index (χ3v) is 3.65. The van der Waals surface area contributed by atoms with Gasteiger partial charge in [0.2, 0.25) is 5.95 Å². The number of nitrogens with zero attached hydrogens (tertiary/aromatic N) is 2. The van der Waals surface area contributed by atoms with Crippen LogP contribution in [0.5, 0.6) is 0 Å². The second-order valence-electron chi connectivity index (χ2n) is 4.37. The zero-order valence-electron chi connectivity index (χ0n) is 10.0. The standard InChI is InChI=1S/C12H19N3S/c1-3-10-9(2)11(16)14-12(13-10)15-7-5-4-6-8-15/h3-8H2,1-2H3,(H,13,14,16). The molecule has 0 saturated carbocycles. The molecule has 1 aliphatic rings. The van der Waals surface area contributed by atoms with Crippen molar-refractivity contribution in [3.05, 3.63) is 15.9 Å². The van der Waals surface area contributed by atoms with Crippen molar-refractivity contribution in [2.75, 3.05) is 18.0 Å². The van der Waals surface area contributed by atoms with Gasteiger partial charge >= 0.3 is 0 Å². The summed E-state index contributed by atoms with van der Waals surface area (Å²) in [6.45, 7) is 6.40. The van der Waals surface area contributed by atoms with Crippen molar-refractivity contribution in [1.82, 2.24) is 9.97 Å². The molecule has 0 aromatic carbocycles. The first-order valence-electron chi connectivity index (χ1n) is 6.07. The average Bonchev–Trinajstić information content (AvgIpc) is 2.33. The predicted molar refractivity (Wildman–Crippen MR) is 69.6 cm³/mol. The predicted octanol–water partition coefficient (Wildman–Crippen LogP) is 3.00. The maximum absolute atomic E-state index is 5.31. The van der Waals surface area contributed by atoms with Crippen molar-refractivity contribution in [1.29, 1.82) is 0 Å². The minimum Gasteiger partial charge on any atom is -0.342 e. The van der Waals surface area contributed by atoms with E-state index >= 15 is 0 Å². The SMILES string of the molecule is CCc1[nH]c(N2CCCCC2)nc(=S)c1C. The lowest BCUT2D eigenvalue weighted by atomic mass is 10.1. The van der Waals surface area contributed by atoms with Gasteiger partial charge in [0.15, 0.2) is 0 Å². The van der Waals surface area contributed by atoms with Crippen molar-refractivity contribution in [3.8, 4) is 0 Å². The van der Waals surface area contributed by atoms with Gasteiger partial charge in [-0.2, -0.15) is 0 Å². The molecule has 0 radical (unpaired) electrons. The summed E-state index contributed by atoms with van der Waals surface area (Å²) in [6.07, 6.45) is 4.85. The topological polar surface area (TPSA) is 31.9 Å². The Balaban J connectivity index is 2.33. The molecule has 0 unspecified atom stereocenters. The van der Waals surface area contributed by atoms with Crippen LogP contribution >= 0.6 is 12.2 Å². The molecule has 0 bridgehead atoms. The van der Waals surface area contributed by atoms with E-state index in [1.54, 1.807) is 0 Å². The third-order valence-electron chi connectivity index (χ3n) is 3.25. The van der Waals surface area contributed by atoms with E-state index in [4.69, 9.17) is 12.2 Å². The largest absolute Gasteiger partial charge is 0.342 e. The van der Waals surface area contributed by atoms with E-state index in [-0.39, 0.29) is 0 Å². The molecule has 0 amide bonds. The molecule has 0 aliphatic carbocycles. The molecule has 2 heterocycles. The molecule has 1 aromatic rings. The van der Waals surface area contributed by atoms with Crippen molar-refractivity contribution in [2.45, 2.75) is 39.5 Å². The van der Waals surface area contributed by atoms with Gasteiger partial charge in [0, 0.05) is 24.3 Å². The molecule has 0 spiro atoms. The van der Waals surface area contributed by atoms with Crippen LogP contribution in [0.1, 0.15) is 37.4 Å². The lowest BCUT2D eigenvalue weighted by Crippen LogP contribution is -2.31. The number of aromatic amines is 1. The highest BCUT2D eigenvalue weighted by Gasteiger charge is 2.14. The molecule has 4 heteroatoms. The minimum absolute atomic E-state index is 0.746. The lowest BCUT2D eigenvalue weighted by molar-refractivity contribution is 0.567. The van der Waals surface area contributed by atoms with E-state index in [2.05, 4.69) is 21.8 Å². The number of H-pyrrole nitrogens is 1. The number of aryl methyl sites for hydroxylation is 1. The zero-order valence-corrected chi connectivity index (χ0v) is 10.9. The maximum Gasteiger partial charge on any atom is 0.204 e. The molecule has 3 nitrogen and oxygen atoms in total. The number of piperidine rings is 1. The summed E-state index contributed by atoms with van der Waals surface area (Å²) in [5.74, 6) is 0.965. The number of anilines is 1. The average molecular weight is 237 g/mol. The van der Waals surface area contributed by atoms with Crippen LogP contribution in [0.4, 0.5) is 5.95 Å². The Morgan fingerprint density at radius 3 is 2.62 bits per heavy atom. The minimum atomic E-state index is 0.746. The van der Waals surface area contributed by atoms with Crippen molar-refractivity contribution in [2.24, 2.45) is 0 Å². The molecule has 1 aromatic heterocycles. The van der Waals surface area contributed by atoms with Gasteiger partial charge in [-0.1, -0.05) is 19.1 Å². The Morgan fingerprint density at radius 2 is 2.00 bits per heavy atom. The fourth-order valence-electron chi connectivity index (χ4n) is 2.17. The molecule has 1 aliphatic heterocycles. The van der Waals surface area contributed by atoms with E-state index < -0.39 is 0 Å². The van der Waals surface area contributed by atoms with Crippen LogP contribution in [0.2, 0.25) is 0 Å². The highest BCUT2D eigenvalue weighted by Crippen LogP contribution is 2.17. The Hall–Kier alpha value is -0.900. The molecule has 1 N–H and O–H groups in total. The Morgan fingerprint density at radius 1 is 1.31 bits per heavy atom. The van der Waals surface area contributed by atoms with Gasteiger partial charge in [0.25, 0.3) is 0 Å². The molecule has 2 rings (SSSR count). The number of rotatable bonds is 2. The van der Waals surface area contributed by atoms with Crippen LogP contribution in [0.15, 0.2) is 0 Å². The van der Waals surface area contributed by atoms with E-state index in [1.807, 2.05) is 6.92 Å². The molecule has 1 saturated heterocycles. The van der Waals surface area contributed by atoms with Crippen LogP contribution in [0.3, 0.4) is 0 Å². The second kappa shape index (κ2) is 4.95. The van der Waals surface area contributed by atoms with Crippen molar-refractivity contribution < 1.29 is 0 Å². The van der Waals surface area contributed by atoms with E-state index in [1.165, 1.54) is 25.0 Å². The first-order chi connectivity index (χ1) is 7.72. The summed E-state index contributed by atoms with van der Waals surface area (Å²) < 4.78 is 0.746. The maximum atomic E-state index is 5.31. The van der Waals surface area contributed by atoms with Gasteiger partial charge < -0.3 is 9.88 Å². The summed E-state index contributed by atoms with van der Waals surface area (Å²) >= 11 is 5.31. The van der Waals surface area contributed by atoms with Crippen LogP contribution in [-0.2, 0) is 6.42 Å². The van der Waals surface area contributed by atoms with Gasteiger partial charge in [-0.05, 0) is 32.6 Å². The fourth-order valence-corrected chi connectivity index (χ4v) is 2.38. The van der Waals surface area contributed by atoms with E-state index in [0.717, 1.165) is 35.7 Å². The Kier molecular flexibility index (Phi) is 3.59. The summed E-state index contributed by atoms with van der Waals surface area (Å²) in [6, 6.07) is 0. The fraction of sp³-hybridized carbons (Fsp3) is 0.667. The molecule has 88 valence electrons. The monoisotopic (exact) mass is 237 g/mol. The summed E-state index contributed by atoms with van der Waals surface area (Å²) in [5, 5.41) is 0. The number of hydrogen-bond acceptors (Lipinski definition) is 3. The van der Waals surface area contributed by atoms with Crippen molar-refractivity contribution in [3.63, 3.8) is 0 Å². The smallest absolute Gasteiger partial charge is 0.204 e. The summed E-state index contributed by atoms with van der Waals surface area (Å²) in [4.78, 5) is 10.2. The third kappa shape index (κ3) is 2.26. The van der Waals surface area contributed by atoms with Gasteiger partial charge in [0.05, 0.1) is 0 Å². The van der Waals surface area contributed by atoms with Gasteiger partial charge in [-0.25, -0.2) is 4.98 Å². The quantitative estimate of drug-likeness (QED) is 0.802. The number of hydrogen-bond donors (Lipinski definition) is 1. The Bertz CT molecular complexity index is 419. The summed E-state index contributed by atoms with van der Waals surface area (Å²) in [7, 11) is 0. The van der Waals surface area contributed by atoms with Crippen LogP contribution < -0.4 is 4.90 Å². The second-order valence-corrected chi connectivity index (χ2v) is 4.76. The Labute approximate surface area is 102 Å². The molecular formula is C12H19N3S. The summed E-state index contributed by atoms with van der Waals surface area (Å²) in [5.41, 5.74) is 2.35. The number of aromatic nitrogens is 2.